The molecule has 0 amide bonds. The van der Waals surface area contributed by atoms with Gasteiger partial charge in [-0.1, -0.05) is 75.1 Å². The maximum atomic E-state index is 2.41. The van der Waals surface area contributed by atoms with E-state index in [1.165, 1.54) is 42.7 Å². The Balaban J connectivity index is 3.71. The van der Waals surface area contributed by atoms with Gasteiger partial charge in [0.05, 0.1) is 0 Å². The molecule has 1 atom stereocenters. The molecule has 0 aliphatic carbocycles. The van der Waals surface area contributed by atoms with E-state index >= 15 is 0 Å². The normalized spacial score (nSPS) is 12.9. The average molecular weight is 198 g/mol. The second-order valence-corrected chi connectivity index (χ2v) is 8.34. The Labute approximate surface area is 89.5 Å². The molecular formula is C12H27Al. The van der Waals surface area contributed by atoms with Crippen molar-refractivity contribution in [1.82, 2.24) is 0 Å². The highest BCUT2D eigenvalue weighted by atomic mass is 27.2. The molecule has 0 saturated carbocycles. The van der Waals surface area contributed by atoms with E-state index in [0.717, 1.165) is 4.78 Å². The first-order valence-corrected chi connectivity index (χ1v) is 8.59. The monoisotopic (exact) mass is 198 g/mol. The lowest BCUT2D eigenvalue weighted by Crippen LogP contribution is -2.17. The van der Waals surface area contributed by atoms with Crippen LogP contribution in [-0.4, -0.2) is 14.1 Å². The fraction of sp³-hybridized carbons (Fsp3) is 1.00. The maximum absolute atomic E-state index is 2.41. The van der Waals surface area contributed by atoms with Crippen LogP contribution in [-0.2, 0) is 0 Å². The molecular weight excluding hydrogens is 171 g/mol. The molecule has 0 aromatic carbocycles. The molecule has 78 valence electrons. The number of hydrogen-bond donors (Lipinski definition) is 0. The summed E-state index contributed by atoms with van der Waals surface area (Å²) < 4.78 is 1.14. The zero-order valence-electron chi connectivity index (χ0n) is 10.1. The molecule has 13 heavy (non-hydrogen) atoms. The lowest BCUT2D eigenvalue weighted by atomic mass is 10.1. The van der Waals surface area contributed by atoms with E-state index in [9.17, 15) is 0 Å². The Morgan fingerprint density at radius 3 is 1.92 bits per heavy atom. The molecule has 0 bridgehead atoms. The van der Waals surface area contributed by atoms with Crippen LogP contribution in [0.2, 0.25) is 15.3 Å². The molecule has 0 rings (SSSR count). The van der Waals surface area contributed by atoms with Gasteiger partial charge in [-0.3, -0.25) is 0 Å². The quantitative estimate of drug-likeness (QED) is 0.385. The van der Waals surface area contributed by atoms with Crippen molar-refractivity contribution >= 4 is 14.1 Å². The van der Waals surface area contributed by atoms with Crippen molar-refractivity contribution in [3.05, 3.63) is 0 Å². The number of unbranched alkanes of at least 4 members (excludes halogenated alkanes) is 2. The molecule has 1 heteroatoms. The highest BCUT2D eigenvalue weighted by molar-refractivity contribution is 6.60. The number of hydrogen-bond acceptors (Lipinski definition) is 0. The van der Waals surface area contributed by atoms with Gasteiger partial charge in [0.2, 0.25) is 0 Å². The van der Waals surface area contributed by atoms with Crippen molar-refractivity contribution in [3.63, 3.8) is 0 Å². The standard InChI is InChI=1S/C8H17.2C2H5.Al/c1-3-5-7-8-6-4-2;2*1-2;/h5H,3-4,6-8H2,1-2H3;2*1H2,2H3;. The molecule has 0 radical (unpaired) electrons. The average Bonchev–Trinajstić information content (AvgIpc) is 2.17. The zero-order chi connectivity index (χ0) is 10.1. The Kier molecular flexibility index (Phi) is 9.47. The van der Waals surface area contributed by atoms with E-state index < -0.39 is 0 Å². The van der Waals surface area contributed by atoms with Gasteiger partial charge in [0, 0.05) is 0 Å². The fourth-order valence-corrected chi connectivity index (χ4v) is 5.67. The summed E-state index contributed by atoms with van der Waals surface area (Å²) in [4.78, 5) is 0. The Bertz CT molecular complexity index is 97.3. The third-order valence-electron chi connectivity index (χ3n) is 3.42. The van der Waals surface area contributed by atoms with Gasteiger partial charge in [0.15, 0.2) is 0 Å². The highest BCUT2D eigenvalue weighted by Gasteiger charge is 2.21. The van der Waals surface area contributed by atoms with Gasteiger partial charge in [0.1, 0.15) is 0 Å². The fourth-order valence-electron chi connectivity index (χ4n) is 2.39. The van der Waals surface area contributed by atoms with Crippen molar-refractivity contribution in [2.45, 2.75) is 75.1 Å². The van der Waals surface area contributed by atoms with Gasteiger partial charge in [-0.15, -0.1) is 0 Å². The van der Waals surface area contributed by atoms with Crippen LogP contribution in [0.25, 0.3) is 0 Å². The zero-order valence-corrected chi connectivity index (χ0v) is 11.3. The van der Waals surface area contributed by atoms with Crippen molar-refractivity contribution in [1.29, 1.82) is 0 Å². The van der Waals surface area contributed by atoms with Gasteiger partial charge in [-0.05, 0) is 0 Å². The third-order valence-corrected chi connectivity index (χ3v) is 7.65. The number of rotatable bonds is 8. The minimum absolute atomic E-state index is 0.350. The van der Waals surface area contributed by atoms with Crippen LogP contribution in [0.3, 0.4) is 0 Å². The van der Waals surface area contributed by atoms with Crippen molar-refractivity contribution in [2.24, 2.45) is 0 Å². The van der Waals surface area contributed by atoms with Crippen LogP contribution < -0.4 is 0 Å². The predicted octanol–water partition coefficient (Wildman–Crippen LogP) is 4.88. The molecule has 0 aliphatic rings. The van der Waals surface area contributed by atoms with E-state index in [2.05, 4.69) is 27.7 Å². The predicted molar refractivity (Wildman–Crippen MR) is 64.9 cm³/mol. The molecule has 0 fully saturated rings. The third kappa shape index (κ3) is 5.76. The minimum atomic E-state index is -0.350. The molecule has 0 nitrogen and oxygen atoms in total. The van der Waals surface area contributed by atoms with Gasteiger partial charge >= 0.3 is 0 Å². The summed E-state index contributed by atoms with van der Waals surface area (Å²) in [5, 5.41) is 3.03. The van der Waals surface area contributed by atoms with E-state index in [4.69, 9.17) is 0 Å². The van der Waals surface area contributed by atoms with Crippen LogP contribution in [0.1, 0.15) is 59.8 Å². The van der Waals surface area contributed by atoms with Crippen molar-refractivity contribution < 1.29 is 0 Å². The van der Waals surface area contributed by atoms with Gasteiger partial charge in [-0.25, -0.2) is 0 Å². The first-order chi connectivity index (χ1) is 6.29. The van der Waals surface area contributed by atoms with E-state index in [0.29, 0.717) is 0 Å². The maximum Gasteiger partial charge on any atom is 0.264 e. The van der Waals surface area contributed by atoms with Crippen molar-refractivity contribution in [2.75, 3.05) is 0 Å². The molecule has 0 heterocycles. The summed E-state index contributed by atoms with van der Waals surface area (Å²) in [7, 11) is 0. The summed E-state index contributed by atoms with van der Waals surface area (Å²) in [5.41, 5.74) is 0. The largest absolute Gasteiger partial charge is 0.264 e. The van der Waals surface area contributed by atoms with Crippen LogP contribution in [0, 0.1) is 0 Å². The van der Waals surface area contributed by atoms with E-state index in [1.807, 2.05) is 0 Å². The second-order valence-electron chi connectivity index (χ2n) is 4.24. The molecule has 1 unspecified atom stereocenters. The summed E-state index contributed by atoms with van der Waals surface area (Å²) in [6.07, 6.45) is 7.29. The molecule has 0 N–H and O–H groups in total. The van der Waals surface area contributed by atoms with Gasteiger partial charge in [0.25, 0.3) is 14.1 Å². The molecule has 0 aliphatic heterocycles. The van der Waals surface area contributed by atoms with Gasteiger partial charge in [-0.2, -0.15) is 0 Å². The van der Waals surface area contributed by atoms with Crippen LogP contribution in [0.15, 0.2) is 0 Å². The SMILES string of the molecule is CCCCC[CH](CC)[Al]([CH2]C)[CH2]C. The van der Waals surface area contributed by atoms with Gasteiger partial charge < -0.3 is 0 Å². The topological polar surface area (TPSA) is 0 Å². The molecule has 0 aromatic rings. The summed E-state index contributed by atoms with van der Waals surface area (Å²) >= 11 is -0.350. The lowest BCUT2D eigenvalue weighted by molar-refractivity contribution is 0.612. The minimum Gasteiger partial charge on any atom is -0.0965 e. The van der Waals surface area contributed by atoms with Crippen LogP contribution in [0.4, 0.5) is 0 Å². The Morgan fingerprint density at radius 1 is 0.923 bits per heavy atom. The van der Waals surface area contributed by atoms with E-state index in [1.54, 1.807) is 0 Å². The lowest BCUT2D eigenvalue weighted by Gasteiger charge is -2.19. The second kappa shape index (κ2) is 9.10. The summed E-state index contributed by atoms with van der Waals surface area (Å²) in [5.74, 6) is 0. The first kappa shape index (κ1) is 13.5. The molecule has 0 aromatic heterocycles. The first-order valence-electron chi connectivity index (χ1n) is 6.29. The smallest absolute Gasteiger partial charge is 0.0965 e. The van der Waals surface area contributed by atoms with Crippen LogP contribution in [0.5, 0.6) is 0 Å². The summed E-state index contributed by atoms with van der Waals surface area (Å²) in [6, 6.07) is 0. The molecule has 0 saturated heterocycles. The Morgan fingerprint density at radius 2 is 1.54 bits per heavy atom. The highest BCUT2D eigenvalue weighted by Crippen LogP contribution is 2.27. The summed E-state index contributed by atoms with van der Waals surface area (Å²) in [6.45, 7) is 9.50. The van der Waals surface area contributed by atoms with Crippen LogP contribution >= 0.6 is 0 Å². The Hall–Kier alpha value is 0.532. The molecule has 0 spiro atoms. The van der Waals surface area contributed by atoms with Crippen molar-refractivity contribution in [3.8, 4) is 0 Å². The van der Waals surface area contributed by atoms with E-state index in [-0.39, 0.29) is 14.1 Å².